The summed E-state index contributed by atoms with van der Waals surface area (Å²) in [6.45, 7) is 6.29. The molecule has 0 bridgehead atoms. The molecular weight excluding hydrogens is 288 g/mol. The first kappa shape index (κ1) is 15.2. The van der Waals surface area contributed by atoms with Gasteiger partial charge in [-0.3, -0.25) is 4.98 Å². The van der Waals surface area contributed by atoms with Crippen molar-refractivity contribution in [3.8, 4) is 5.75 Å². The molecule has 0 fully saturated rings. The van der Waals surface area contributed by atoms with E-state index in [1.54, 1.807) is 0 Å². The Morgan fingerprint density at radius 3 is 2.52 bits per heavy atom. The minimum absolute atomic E-state index is 0.203. The molecule has 0 unspecified atom stereocenters. The SMILES string of the molecule is Cc1cc(OC(=O)c2cnc3ccccc3n2)ccc1C(C)C. The number of ether oxygens (including phenoxy) is 1. The highest BCUT2D eigenvalue weighted by molar-refractivity contribution is 5.90. The molecular formula is C19H18N2O2. The number of hydrogen-bond acceptors (Lipinski definition) is 4. The zero-order chi connectivity index (χ0) is 16.4. The molecule has 0 saturated heterocycles. The first-order chi connectivity index (χ1) is 11.0. The monoisotopic (exact) mass is 306 g/mol. The van der Waals surface area contributed by atoms with Crippen LogP contribution in [-0.4, -0.2) is 15.9 Å². The molecule has 0 atom stereocenters. The number of para-hydroxylation sites is 2. The first-order valence-corrected chi connectivity index (χ1v) is 7.59. The van der Waals surface area contributed by atoms with Crippen LogP contribution in [0.1, 0.15) is 41.4 Å². The number of aryl methyl sites for hydroxylation is 1. The van der Waals surface area contributed by atoms with Crippen LogP contribution in [0.3, 0.4) is 0 Å². The predicted octanol–water partition coefficient (Wildman–Crippen LogP) is 4.28. The van der Waals surface area contributed by atoms with E-state index in [0.717, 1.165) is 11.1 Å². The topological polar surface area (TPSA) is 52.1 Å². The van der Waals surface area contributed by atoms with Crippen molar-refractivity contribution < 1.29 is 9.53 Å². The number of carbonyl (C=O) groups excluding carboxylic acids is 1. The van der Waals surface area contributed by atoms with E-state index >= 15 is 0 Å². The van der Waals surface area contributed by atoms with Crippen LogP contribution in [0.4, 0.5) is 0 Å². The van der Waals surface area contributed by atoms with Crippen molar-refractivity contribution in [3.05, 3.63) is 65.5 Å². The summed E-state index contributed by atoms with van der Waals surface area (Å²) in [5.41, 5.74) is 3.98. The summed E-state index contributed by atoms with van der Waals surface area (Å²) in [5, 5.41) is 0. The van der Waals surface area contributed by atoms with Crippen LogP contribution in [0.15, 0.2) is 48.7 Å². The molecule has 0 aliphatic heterocycles. The molecule has 1 heterocycles. The lowest BCUT2D eigenvalue weighted by atomic mass is 9.98. The summed E-state index contributed by atoms with van der Waals surface area (Å²) >= 11 is 0. The molecule has 0 radical (unpaired) electrons. The second-order valence-corrected chi connectivity index (χ2v) is 5.81. The maximum atomic E-state index is 12.3. The van der Waals surface area contributed by atoms with Crippen molar-refractivity contribution >= 4 is 17.0 Å². The van der Waals surface area contributed by atoms with Crippen molar-refractivity contribution in [1.82, 2.24) is 9.97 Å². The summed E-state index contributed by atoms with van der Waals surface area (Å²) in [6, 6.07) is 13.1. The maximum absolute atomic E-state index is 12.3. The molecule has 116 valence electrons. The molecule has 1 aromatic heterocycles. The molecule has 23 heavy (non-hydrogen) atoms. The number of rotatable bonds is 3. The van der Waals surface area contributed by atoms with Crippen molar-refractivity contribution in [2.45, 2.75) is 26.7 Å². The number of aromatic nitrogens is 2. The fraction of sp³-hybridized carbons (Fsp3) is 0.211. The Bertz CT molecular complexity index is 872. The lowest BCUT2D eigenvalue weighted by molar-refractivity contribution is 0.0728. The van der Waals surface area contributed by atoms with Gasteiger partial charge in [0.2, 0.25) is 0 Å². The van der Waals surface area contributed by atoms with E-state index in [1.807, 2.05) is 49.4 Å². The van der Waals surface area contributed by atoms with E-state index in [-0.39, 0.29) is 5.69 Å². The third-order valence-electron chi connectivity index (χ3n) is 3.73. The van der Waals surface area contributed by atoms with Gasteiger partial charge in [0, 0.05) is 0 Å². The van der Waals surface area contributed by atoms with Crippen molar-refractivity contribution in [2.75, 3.05) is 0 Å². The van der Waals surface area contributed by atoms with Gasteiger partial charge in [-0.25, -0.2) is 9.78 Å². The van der Waals surface area contributed by atoms with Crippen molar-refractivity contribution in [1.29, 1.82) is 0 Å². The average Bonchev–Trinajstić information content (AvgIpc) is 2.54. The van der Waals surface area contributed by atoms with Crippen LogP contribution >= 0.6 is 0 Å². The van der Waals surface area contributed by atoms with Gasteiger partial charge in [0.15, 0.2) is 5.69 Å². The van der Waals surface area contributed by atoms with E-state index in [9.17, 15) is 4.79 Å². The highest BCUT2D eigenvalue weighted by Gasteiger charge is 2.13. The average molecular weight is 306 g/mol. The van der Waals surface area contributed by atoms with Gasteiger partial charge in [-0.1, -0.05) is 32.0 Å². The number of benzene rings is 2. The molecule has 0 spiro atoms. The van der Waals surface area contributed by atoms with Gasteiger partial charge in [0.1, 0.15) is 5.75 Å². The smallest absolute Gasteiger partial charge is 0.363 e. The minimum atomic E-state index is -0.500. The highest BCUT2D eigenvalue weighted by Crippen LogP contribution is 2.24. The van der Waals surface area contributed by atoms with E-state index in [0.29, 0.717) is 17.2 Å². The van der Waals surface area contributed by atoms with Crippen LogP contribution in [0.5, 0.6) is 5.75 Å². The second-order valence-electron chi connectivity index (χ2n) is 5.81. The number of esters is 1. The van der Waals surface area contributed by atoms with Crippen LogP contribution < -0.4 is 4.74 Å². The lowest BCUT2D eigenvalue weighted by Crippen LogP contribution is -2.11. The van der Waals surface area contributed by atoms with Crippen molar-refractivity contribution in [2.24, 2.45) is 0 Å². The van der Waals surface area contributed by atoms with Gasteiger partial charge in [0.05, 0.1) is 17.2 Å². The maximum Gasteiger partial charge on any atom is 0.363 e. The van der Waals surface area contributed by atoms with Gasteiger partial charge in [-0.15, -0.1) is 0 Å². The number of hydrogen-bond donors (Lipinski definition) is 0. The van der Waals surface area contributed by atoms with Crippen LogP contribution in [0, 0.1) is 6.92 Å². The molecule has 3 rings (SSSR count). The molecule has 0 saturated carbocycles. The quantitative estimate of drug-likeness (QED) is 0.535. The molecule has 0 aliphatic rings. The molecule has 2 aromatic carbocycles. The van der Waals surface area contributed by atoms with Gasteiger partial charge < -0.3 is 4.74 Å². The molecule has 3 aromatic rings. The number of fused-ring (bicyclic) bond motifs is 1. The zero-order valence-corrected chi connectivity index (χ0v) is 13.4. The predicted molar refractivity (Wildman–Crippen MR) is 89.8 cm³/mol. The Labute approximate surface area is 135 Å². The molecule has 0 amide bonds. The summed E-state index contributed by atoms with van der Waals surface area (Å²) in [5.74, 6) is 0.456. The third kappa shape index (κ3) is 3.21. The molecule has 4 heteroatoms. The summed E-state index contributed by atoms with van der Waals surface area (Å²) < 4.78 is 5.42. The first-order valence-electron chi connectivity index (χ1n) is 7.59. The van der Waals surface area contributed by atoms with Crippen LogP contribution in [0.25, 0.3) is 11.0 Å². The van der Waals surface area contributed by atoms with E-state index < -0.39 is 5.97 Å². The number of nitrogens with zero attached hydrogens (tertiary/aromatic N) is 2. The zero-order valence-electron chi connectivity index (χ0n) is 13.4. The van der Waals surface area contributed by atoms with E-state index in [2.05, 4.69) is 23.8 Å². The Morgan fingerprint density at radius 1 is 1.09 bits per heavy atom. The Hall–Kier alpha value is -2.75. The largest absolute Gasteiger partial charge is 0.422 e. The van der Waals surface area contributed by atoms with Crippen LogP contribution in [-0.2, 0) is 0 Å². The normalized spacial score (nSPS) is 11.0. The number of carbonyl (C=O) groups is 1. The van der Waals surface area contributed by atoms with Gasteiger partial charge in [-0.05, 0) is 48.2 Å². The second kappa shape index (κ2) is 6.16. The van der Waals surface area contributed by atoms with E-state index in [1.165, 1.54) is 11.8 Å². The van der Waals surface area contributed by atoms with Crippen molar-refractivity contribution in [3.63, 3.8) is 0 Å². The van der Waals surface area contributed by atoms with Gasteiger partial charge in [-0.2, -0.15) is 0 Å². The van der Waals surface area contributed by atoms with Crippen LogP contribution in [0.2, 0.25) is 0 Å². The standard InChI is InChI=1S/C19H18N2O2/c1-12(2)15-9-8-14(10-13(15)3)23-19(22)18-11-20-16-6-4-5-7-17(16)21-18/h4-12H,1-3H3. The highest BCUT2D eigenvalue weighted by atomic mass is 16.5. The summed E-state index contributed by atoms with van der Waals surface area (Å²) in [6.07, 6.45) is 1.44. The fourth-order valence-electron chi connectivity index (χ4n) is 2.57. The molecule has 0 aliphatic carbocycles. The van der Waals surface area contributed by atoms with E-state index in [4.69, 9.17) is 4.74 Å². The van der Waals surface area contributed by atoms with Gasteiger partial charge >= 0.3 is 5.97 Å². The van der Waals surface area contributed by atoms with Gasteiger partial charge in [0.25, 0.3) is 0 Å². The minimum Gasteiger partial charge on any atom is -0.422 e. The Balaban J connectivity index is 1.84. The Kier molecular flexibility index (Phi) is 4.06. The summed E-state index contributed by atoms with van der Waals surface area (Å²) in [4.78, 5) is 20.8. The Morgan fingerprint density at radius 2 is 1.83 bits per heavy atom. The lowest BCUT2D eigenvalue weighted by Gasteiger charge is -2.11. The fourth-order valence-corrected chi connectivity index (χ4v) is 2.57. The summed E-state index contributed by atoms with van der Waals surface area (Å²) in [7, 11) is 0. The molecule has 0 N–H and O–H groups in total. The third-order valence-corrected chi connectivity index (χ3v) is 3.73. The molecule has 4 nitrogen and oxygen atoms in total.